The highest BCUT2D eigenvalue weighted by atomic mass is 14.5. The van der Waals surface area contributed by atoms with Crippen LogP contribution in [0.2, 0.25) is 0 Å². The summed E-state index contributed by atoms with van der Waals surface area (Å²) in [5.41, 5.74) is 6.79. The fraction of sp³-hybridized carbons (Fsp3) is 0.692. The maximum Gasteiger partial charge on any atom is -0.00399 e. The molecule has 0 bridgehead atoms. The Labute approximate surface area is 89.1 Å². The third kappa shape index (κ3) is 6.90. The molecular formula is C13H25N. The lowest BCUT2D eigenvalue weighted by molar-refractivity contribution is 0.599. The summed E-state index contributed by atoms with van der Waals surface area (Å²) < 4.78 is 0. The predicted octanol–water partition coefficient (Wildman–Crippen LogP) is 3.66. The molecule has 0 aliphatic rings. The summed E-state index contributed by atoms with van der Waals surface area (Å²) in [5, 5.41) is 0. The molecule has 1 atom stereocenters. The first-order valence-electron chi connectivity index (χ1n) is 5.75. The van der Waals surface area contributed by atoms with Crippen molar-refractivity contribution in [3.05, 3.63) is 24.3 Å². The quantitative estimate of drug-likeness (QED) is 0.588. The summed E-state index contributed by atoms with van der Waals surface area (Å²) in [6, 6.07) is 0. The molecule has 0 aromatic carbocycles. The summed E-state index contributed by atoms with van der Waals surface area (Å²) >= 11 is 0. The molecule has 0 heterocycles. The second kappa shape index (κ2) is 9.01. The van der Waals surface area contributed by atoms with E-state index in [1.165, 1.54) is 31.3 Å². The van der Waals surface area contributed by atoms with Crippen molar-refractivity contribution in [2.75, 3.05) is 6.54 Å². The van der Waals surface area contributed by atoms with E-state index in [1.807, 2.05) is 0 Å². The molecule has 1 nitrogen and oxygen atoms in total. The van der Waals surface area contributed by atoms with Crippen LogP contribution in [0.3, 0.4) is 0 Å². The maximum atomic E-state index is 5.49. The Morgan fingerprint density at radius 3 is 2.57 bits per heavy atom. The van der Waals surface area contributed by atoms with Crippen molar-refractivity contribution in [1.82, 2.24) is 0 Å². The van der Waals surface area contributed by atoms with Gasteiger partial charge in [-0.2, -0.15) is 0 Å². The zero-order chi connectivity index (χ0) is 10.8. The smallest absolute Gasteiger partial charge is 0.00399 e. The lowest BCUT2D eigenvalue weighted by atomic mass is 9.95. The number of nitrogens with two attached hydrogens (primary N) is 1. The number of hydrogen-bond donors (Lipinski definition) is 1. The van der Waals surface area contributed by atoms with Crippen LogP contribution in [0.4, 0.5) is 0 Å². The van der Waals surface area contributed by atoms with Crippen LogP contribution in [0.5, 0.6) is 0 Å². The van der Waals surface area contributed by atoms with E-state index in [0.29, 0.717) is 5.92 Å². The van der Waals surface area contributed by atoms with Gasteiger partial charge in [-0.1, -0.05) is 44.6 Å². The van der Waals surface area contributed by atoms with Gasteiger partial charge in [0, 0.05) is 0 Å². The monoisotopic (exact) mass is 195 g/mol. The Bertz CT molecular complexity index is 170. The van der Waals surface area contributed by atoms with Gasteiger partial charge in [0.15, 0.2) is 0 Å². The fourth-order valence-corrected chi connectivity index (χ4v) is 1.38. The second-order valence-corrected chi connectivity index (χ2v) is 3.94. The molecule has 0 aromatic heterocycles. The van der Waals surface area contributed by atoms with Gasteiger partial charge >= 0.3 is 0 Å². The summed E-state index contributed by atoms with van der Waals surface area (Å²) in [4.78, 5) is 0. The SMILES string of the molecule is C=C(CCN)C(C)CC/C=C/CCC. The molecule has 2 N–H and O–H groups in total. The molecule has 1 heteroatoms. The molecule has 0 rings (SSSR count). The lowest BCUT2D eigenvalue weighted by Gasteiger charge is -2.12. The van der Waals surface area contributed by atoms with E-state index in [9.17, 15) is 0 Å². The first kappa shape index (κ1) is 13.4. The molecule has 82 valence electrons. The molecule has 0 aliphatic carbocycles. The zero-order valence-electron chi connectivity index (χ0n) is 9.76. The van der Waals surface area contributed by atoms with E-state index in [0.717, 1.165) is 13.0 Å². The highest BCUT2D eigenvalue weighted by Crippen LogP contribution is 2.17. The van der Waals surface area contributed by atoms with Crippen LogP contribution >= 0.6 is 0 Å². The molecule has 0 aromatic rings. The van der Waals surface area contributed by atoms with Crippen LogP contribution in [0.25, 0.3) is 0 Å². The van der Waals surface area contributed by atoms with Crippen molar-refractivity contribution in [2.24, 2.45) is 11.7 Å². The van der Waals surface area contributed by atoms with Gasteiger partial charge in [0.1, 0.15) is 0 Å². The van der Waals surface area contributed by atoms with Gasteiger partial charge in [0.2, 0.25) is 0 Å². The summed E-state index contributed by atoms with van der Waals surface area (Å²) in [7, 11) is 0. The van der Waals surface area contributed by atoms with Crippen LogP contribution in [-0.4, -0.2) is 6.54 Å². The van der Waals surface area contributed by atoms with Crippen LogP contribution < -0.4 is 5.73 Å². The summed E-state index contributed by atoms with van der Waals surface area (Å²) in [6.07, 6.45) is 10.4. The van der Waals surface area contributed by atoms with Crippen molar-refractivity contribution in [1.29, 1.82) is 0 Å². The Kier molecular flexibility index (Phi) is 8.65. The lowest BCUT2D eigenvalue weighted by Crippen LogP contribution is -2.05. The molecular weight excluding hydrogens is 170 g/mol. The molecule has 0 saturated carbocycles. The highest BCUT2D eigenvalue weighted by Gasteiger charge is 2.03. The molecule has 1 unspecified atom stereocenters. The van der Waals surface area contributed by atoms with Gasteiger partial charge in [0.05, 0.1) is 0 Å². The molecule has 0 spiro atoms. The van der Waals surface area contributed by atoms with Gasteiger partial charge in [-0.15, -0.1) is 0 Å². The minimum Gasteiger partial charge on any atom is -0.330 e. The fourth-order valence-electron chi connectivity index (χ4n) is 1.38. The van der Waals surface area contributed by atoms with E-state index in [-0.39, 0.29) is 0 Å². The zero-order valence-corrected chi connectivity index (χ0v) is 9.76. The standard InChI is InChI=1S/C13H25N/c1-4-5-6-7-8-9-12(2)13(3)10-11-14/h6-7,12H,3-5,8-11,14H2,1-2H3/b7-6+. The molecule has 0 saturated heterocycles. The maximum absolute atomic E-state index is 5.49. The summed E-state index contributed by atoms with van der Waals surface area (Å²) in [5.74, 6) is 0.616. The molecule has 0 aliphatic heterocycles. The van der Waals surface area contributed by atoms with Crippen molar-refractivity contribution >= 4 is 0 Å². The number of allylic oxidation sites excluding steroid dienone is 2. The minimum atomic E-state index is 0.616. The van der Waals surface area contributed by atoms with Crippen molar-refractivity contribution in [3.8, 4) is 0 Å². The Hall–Kier alpha value is -0.560. The Morgan fingerprint density at radius 2 is 2.00 bits per heavy atom. The van der Waals surface area contributed by atoms with E-state index in [4.69, 9.17) is 5.73 Å². The molecule has 0 fully saturated rings. The number of unbranched alkanes of at least 4 members (excludes halogenated alkanes) is 1. The van der Waals surface area contributed by atoms with Gasteiger partial charge in [0.25, 0.3) is 0 Å². The normalized spacial score (nSPS) is 13.4. The minimum absolute atomic E-state index is 0.616. The van der Waals surface area contributed by atoms with Crippen molar-refractivity contribution in [3.63, 3.8) is 0 Å². The molecule has 0 amide bonds. The van der Waals surface area contributed by atoms with Crippen molar-refractivity contribution < 1.29 is 0 Å². The third-order valence-electron chi connectivity index (χ3n) is 2.55. The molecule has 14 heavy (non-hydrogen) atoms. The van der Waals surface area contributed by atoms with Crippen LogP contribution in [-0.2, 0) is 0 Å². The average Bonchev–Trinajstić information content (AvgIpc) is 2.17. The van der Waals surface area contributed by atoms with Gasteiger partial charge in [-0.05, 0) is 38.1 Å². The largest absolute Gasteiger partial charge is 0.330 e. The van der Waals surface area contributed by atoms with Gasteiger partial charge in [-0.3, -0.25) is 0 Å². The second-order valence-electron chi connectivity index (χ2n) is 3.94. The van der Waals surface area contributed by atoms with E-state index >= 15 is 0 Å². The first-order valence-corrected chi connectivity index (χ1v) is 5.75. The van der Waals surface area contributed by atoms with Crippen LogP contribution in [0.1, 0.15) is 46.0 Å². The van der Waals surface area contributed by atoms with Crippen molar-refractivity contribution in [2.45, 2.75) is 46.0 Å². The third-order valence-corrected chi connectivity index (χ3v) is 2.55. The van der Waals surface area contributed by atoms with Gasteiger partial charge in [-0.25, -0.2) is 0 Å². The predicted molar refractivity (Wildman–Crippen MR) is 65.3 cm³/mol. The first-order chi connectivity index (χ1) is 6.72. The van der Waals surface area contributed by atoms with E-state index in [2.05, 4.69) is 32.6 Å². The van der Waals surface area contributed by atoms with Crippen LogP contribution in [0.15, 0.2) is 24.3 Å². The molecule has 0 radical (unpaired) electrons. The number of rotatable bonds is 8. The van der Waals surface area contributed by atoms with E-state index < -0.39 is 0 Å². The topological polar surface area (TPSA) is 26.0 Å². The summed E-state index contributed by atoms with van der Waals surface area (Å²) in [6.45, 7) is 9.23. The van der Waals surface area contributed by atoms with Crippen LogP contribution in [0, 0.1) is 5.92 Å². The van der Waals surface area contributed by atoms with Gasteiger partial charge < -0.3 is 5.73 Å². The highest BCUT2D eigenvalue weighted by molar-refractivity contribution is 5.00. The van der Waals surface area contributed by atoms with E-state index in [1.54, 1.807) is 0 Å². The Morgan fingerprint density at radius 1 is 1.36 bits per heavy atom. The number of hydrogen-bond acceptors (Lipinski definition) is 1. The Balaban J connectivity index is 3.52. The average molecular weight is 195 g/mol.